The quantitative estimate of drug-likeness (QED) is 0.688. The van der Waals surface area contributed by atoms with Gasteiger partial charge in [0.2, 0.25) is 5.91 Å². The fourth-order valence-corrected chi connectivity index (χ4v) is 4.52. The molecule has 1 aromatic heterocycles. The topological polar surface area (TPSA) is 75.9 Å². The summed E-state index contributed by atoms with van der Waals surface area (Å²) in [6.07, 6.45) is 6.24. The standard InChI is InChI=1S/C24H29N3O4/c1-3-30-21-7-5-4-6-19(21)8-9-22(28)26-13-10-24(11-14-26)12-15-27(17-24)23(29)20-16-18(2)31-25-20/h4-9,16H,3,10-15,17H2,1-2H3/b9-8+. The molecule has 0 N–H and O–H groups in total. The molecule has 0 bridgehead atoms. The zero-order valence-corrected chi connectivity index (χ0v) is 18.2. The van der Waals surface area contributed by atoms with Crippen LogP contribution in [-0.2, 0) is 4.79 Å². The molecule has 2 aliphatic heterocycles. The summed E-state index contributed by atoms with van der Waals surface area (Å²) in [6, 6.07) is 9.40. The molecule has 0 aliphatic carbocycles. The number of hydrogen-bond donors (Lipinski definition) is 0. The third kappa shape index (κ3) is 4.65. The van der Waals surface area contributed by atoms with Crippen molar-refractivity contribution in [2.45, 2.75) is 33.1 Å². The molecular weight excluding hydrogens is 394 g/mol. The molecule has 0 radical (unpaired) electrons. The van der Waals surface area contributed by atoms with E-state index in [1.165, 1.54) is 0 Å². The van der Waals surface area contributed by atoms with Crippen LogP contribution in [0.25, 0.3) is 6.08 Å². The summed E-state index contributed by atoms with van der Waals surface area (Å²) in [5.41, 5.74) is 1.37. The van der Waals surface area contributed by atoms with Crippen LogP contribution in [0.2, 0.25) is 0 Å². The van der Waals surface area contributed by atoms with Crippen molar-refractivity contribution >= 4 is 17.9 Å². The fourth-order valence-electron chi connectivity index (χ4n) is 4.52. The number of benzene rings is 1. The SMILES string of the molecule is CCOc1ccccc1/C=C/C(=O)N1CCC2(CC1)CCN(C(=O)c1cc(C)on1)C2. The molecule has 3 heterocycles. The highest BCUT2D eigenvalue weighted by Gasteiger charge is 2.43. The van der Waals surface area contributed by atoms with Gasteiger partial charge in [0, 0.05) is 43.9 Å². The fraction of sp³-hybridized carbons (Fsp3) is 0.458. The molecule has 1 spiro atoms. The zero-order chi connectivity index (χ0) is 21.8. The van der Waals surface area contributed by atoms with E-state index in [-0.39, 0.29) is 17.2 Å². The van der Waals surface area contributed by atoms with Gasteiger partial charge in [0.1, 0.15) is 11.5 Å². The molecule has 2 amide bonds. The maximum Gasteiger partial charge on any atom is 0.276 e. The lowest BCUT2D eigenvalue weighted by Crippen LogP contribution is -2.44. The number of nitrogens with zero attached hydrogens (tertiary/aromatic N) is 3. The molecule has 0 unspecified atom stereocenters. The predicted octanol–water partition coefficient (Wildman–Crippen LogP) is 3.55. The van der Waals surface area contributed by atoms with Gasteiger partial charge in [0.25, 0.3) is 5.91 Å². The van der Waals surface area contributed by atoms with Crippen molar-refractivity contribution in [2.75, 3.05) is 32.8 Å². The molecule has 164 valence electrons. The number of piperidine rings is 1. The molecule has 2 aliphatic rings. The number of aryl methyl sites for hydroxylation is 1. The summed E-state index contributed by atoms with van der Waals surface area (Å²) in [5, 5.41) is 3.86. The summed E-state index contributed by atoms with van der Waals surface area (Å²) in [4.78, 5) is 29.2. The number of para-hydroxylation sites is 1. The first-order chi connectivity index (χ1) is 15.0. The van der Waals surface area contributed by atoms with Crippen molar-refractivity contribution in [3.8, 4) is 5.75 Å². The van der Waals surface area contributed by atoms with Crippen LogP contribution in [0.5, 0.6) is 5.75 Å². The molecule has 4 rings (SSSR count). The molecule has 2 fully saturated rings. The Morgan fingerprint density at radius 1 is 1.16 bits per heavy atom. The van der Waals surface area contributed by atoms with Crippen molar-refractivity contribution < 1.29 is 18.8 Å². The second kappa shape index (κ2) is 8.96. The Balaban J connectivity index is 1.32. The second-order valence-corrected chi connectivity index (χ2v) is 8.43. The van der Waals surface area contributed by atoms with Gasteiger partial charge in [-0.1, -0.05) is 23.4 Å². The molecule has 31 heavy (non-hydrogen) atoms. The van der Waals surface area contributed by atoms with E-state index in [1.54, 1.807) is 19.1 Å². The number of amides is 2. The minimum atomic E-state index is -0.0665. The second-order valence-electron chi connectivity index (χ2n) is 8.43. The first-order valence-corrected chi connectivity index (χ1v) is 10.9. The number of hydrogen-bond acceptors (Lipinski definition) is 5. The van der Waals surface area contributed by atoms with Gasteiger partial charge >= 0.3 is 0 Å². The first-order valence-electron chi connectivity index (χ1n) is 10.9. The Morgan fingerprint density at radius 3 is 2.55 bits per heavy atom. The van der Waals surface area contributed by atoms with Crippen molar-refractivity contribution in [2.24, 2.45) is 5.41 Å². The molecule has 0 saturated carbocycles. The largest absolute Gasteiger partial charge is 0.493 e. The summed E-state index contributed by atoms with van der Waals surface area (Å²) in [5.74, 6) is 1.37. The maximum absolute atomic E-state index is 12.7. The van der Waals surface area contributed by atoms with Crippen LogP contribution in [-0.4, -0.2) is 59.6 Å². The average Bonchev–Trinajstić information content (AvgIpc) is 3.40. The Labute approximate surface area is 182 Å². The minimum Gasteiger partial charge on any atom is -0.493 e. The van der Waals surface area contributed by atoms with Crippen LogP contribution in [0.15, 0.2) is 40.9 Å². The van der Waals surface area contributed by atoms with Crippen molar-refractivity contribution in [1.29, 1.82) is 0 Å². The minimum absolute atomic E-state index is 0.0187. The van der Waals surface area contributed by atoms with Crippen LogP contribution in [0.1, 0.15) is 48.0 Å². The van der Waals surface area contributed by atoms with E-state index in [4.69, 9.17) is 9.26 Å². The molecule has 7 heteroatoms. The normalized spacial score (nSPS) is 18.1. The average molecular weight is 424 g/mol. The van der Waals surface area contributed by atoms with Gasteiger partial charge in [-0.3, -0.25) is 9.59 Å². The number of rotatable bonds is 5. The van der Waals surface area contributed by atoms with E-state index in [9.17, 15) is 9.59 Å². The highest BCUT2D eigenvalue weighted by Crippen LogP contribution is 2.40. The van der Waals surface area contributed by atoms with Crippen molar-refractivity contribution in [3.05, 3.63) is 53.4 Å². The van der Waals surface area contributed by atoms with E-state index in [0.29, 0.717) is 31.2 Å². The van der Waals surface area contributed by atoms with Crippen LogP contribution >= 0.6 is 0 Å². The van der Waals surface area contributed by atoms with Gasteiger partial charge in [-0.15, -0.1) is 0 Å². The van der Waals surface area contributed by atoms with Gasteiger partial charge in [0.15, 0.2) is 5.69 Å². The molecule has 2 aromatic rings. The Hall–Kier alpha value is -3.09. The molecular formula is C24H29N3O4. The van der Waals surface area contributed by atoms with E-state index in [2.05, 4.69) is 5.16 Å². The summed E-state index contributed by atoms with van der Waals surface area (Å²) < 4.78 is 10.7. The summed E-state index contributed by atoms with van der Waals surface area (Å²) in [7, 11) is 0. The number of carbonyl (C=O) groups is 2. The van der Waals surface area contributed by atoms with E-state index in [1.807, 2.05) is 47.1 Å². The highest BCUT2D eigenvalue weighted by molar-refractivity contribution is 5.93. The lowest BCUT2D eigenvalue weighted by atomic mass is 9.78. The Kier molecular flexibility index (Phi) is 6.11. The van der Waals surface area contributed by atoms with Gasteiger partial charge in [-0.2, -0.15) is 0 Å². The highest BCUT2D eigenvalue weighted by atomic mass is 16.5. The Bertz CT molecular complexity index is 973. The van der Waals surface area contributed by atoms with Crippen LogP contribution < -0.4 is 4.74 Å². The van der Waals surface area contributed by atoms with E-state index in [0.717, 1.165) is 43.7 Å². The van der Waals surface area contributed by atoms with E-state index < -0.39 is 0 Å². The molecule has 2 saturated heterocycles. The van der Waals surface area contributed by atoms with Crippen LogP contribution in [0, 0.1) is 12.3 Å². The third-order valence-electron chi connectivity index (χ3n) is 6.33. The number of carbonyl (C=O) groups excluding carboxylic acids is 2. The number of likely N-dealkylation sites (tertiary alicyclic amines) is 2. The molecule has 7 nitrogen and oxygen atoms in total. The number of ether oxygens (including phenoxy) is 1. The van der Waals surface area contributed by atoms with Gasteiger partial charge < -0.3 is 19.1 Å². The van der Waals surface area contributed by atoms with E-state index >= 15 is 0 Å². The first kappa shape index (κ1) is 21.2. The summed E-state index contributed by atoms with van der Waals surface area (Å²) in [6.45, 7) is 7.18. The van der Waals surface area contributed by atoms with Gasteiger partial charge in [0.05, 0.1) is 6.61 Å². The predicted molar refractivity (Wildman–Crippen MR) is 117 cm³/mol. The van der Waals surface area contributed by atoms with Crippen molar-refractivity contribution in [3.63, 3.8) is 0 Å². The van der Waals surface area contributed by atoms with Crippen molar-refractivity contribution in [1.82, 2.24) is 15.0 Å². The lowest BCUT2D eigenvalue weighted by Gasteiger charge is -2.38. The Morgan fingerprint density at radius 2 is 1.87 bits per heavy atom. The molecule has 0 atom stereocenters. The van der Waals surface area contributed by atoms with Gasteiger partial charge in [-0.25, -0.2) is 0 Å². The lowest BCUT2D eigenvalue weighted by molar-refractivity contribution is -0.128. The van der Waals surface area contributed by atoms with Gasteiger partial charge in [-0.05, 0) is 50.7 Å². The molecule has 1 aromatic carbocycles. The third-order valence-corrected chi connectivity index (χ3v) is 6.33. The van der Waals surface area contributed by atoms with Crippen LogP contribution in [0.3, 0.4) is 0 Å². The monoisotopic (exact) mass is 423 g/mol. The smallest absolute Gasteiger partial charge is 0.276 e. The van der Waals surface area contributed by atoms with Crippen LogP contribution in [0.4, 0.5) is 0 Å². The summed E-state index contributed by atoms with van der Waals surface area (Å²) >= 11 is 0. The zero-order valence-electron chi connectivity index (χ0n) is 18.2. The maximum atomic E-state index is 12.7. The number of aromatic nitrogens is 1.